The van der Waals surface area contributed by atoms with Gasteiger partial charge in [-0.05, 0) is 30.7 Å². The van der Waals surface area contributed by atoms with Gasteiger partial charge in [-0.25, -0.2) is 18.8 Å². The standard InChI is InChI=1S/C24H24F2N4O3S/c1-31-21-11-16(12-22(32-2)23(21)33-3)20-14-34-24(28-19-6-5-17(25)13-18(19)26)30(20)9-4-8-29-10-7-27-15-29/h5-7,10-15H,4,8-9H2,1-3H3. The van der Waals surface area contributed by atoms with E-state index in [0.29, 0.717) is 28.6 Å². The third kappa shape index (κ3) is 4.96. The van der Waals surface area contributed by atoms with Crippen molar-refractivity contribution in [3.63, 3.8) is 0 Å². The molecular weight excluding hydrogens is 462 g/mol. The van der Waals surface area contributed by atoms with E-state index < -0.39 is 11.6 Å². The summed E-state index contributed by atoms with van der Waals surface area (Å²) in [6, 6.07) is 7.07. The fourth-order valence-electron chi connectivity index (χ4n) is 3.60. The van der Waals surface area contributed by atoms with Gasteiger partial charge >= 0.3 is 0 Å². The number of halogens is 2. The van der Waals surface area contributed by atoms with Crippen LogP contribution in [0.4, 0.5) is 14.5 Å². The number of nitrogens with zero attached hydrogens (tertiary/aromatic N) is 4. The van der Waals surface area contributed by atoms with Crippen LogP contribution in [-0.4, -0.2) is 35.4 Å². The Hall–Kier alpha value is -3.66. The monoisotopic (exact) mass is 486 g/mol. The fourth-order valence-corrected chi connectivity index (χ4v) is 4.55. The van der Waals surface area contributed by atoms with Gasteiger partial charge in [-0.2, -0.15) is 0 Å². The predicted octanol–water partition coefficient (Wildman–Crippen LogP) is 5.04. The average Bonchev–Trinajstić information content (AvgIpc) is 3.50. The molecule has 0 spiro atoms. The van der Waals surface area contributed by atoms with Crippen molar-refractivity contribution in [2.24, 2.45) is 4.99 Å². The molecule has 10 heteroatoms. The highest BCUT2D eigenvalue weighted by Gasteiger charge is 2.17. The summed E-state index contributed by atoms with van der Waals surface area (Å²) in [5.74, 6) is 0.183. The van der Waals surface area contributed by atoms with Crippen molar-refractivity contribution in [1.29, 1.82) is 0 Å². The number of hydrogen-bond acceptors (Lipinski definition) is 6. The van der Waals surface area contributed by atoms with E-state index in [4.69, 9.17) is 14.2 Å². The minimum Gasteiger partial charge on any atom is -0.493 e. The van der Waals surface area contributed by atoms with E-state index in [2.05, 4.69) is 9.98 Å². The molecule has 2 aromatic carbocycles. The van der Waals surface area contributed by atoms with Crippen molar-refractivity contribution in [2.45, 2.75) is 19.5 Å². The summed E-state index contributed by atoms with van der Waals surface area (Å²) >= 11 is 1.37. The molecule has 0 aliphatic heterocycles. The Morgan fingerprint density at radius 3 is 2.38 bits per heavy atom. The first-order valence-corrected chi connectivity index (χ1v) is 11.4. The molecule has 0 saturated carbocycles. The third-order valence-electron chi connectivity index (χ3n) is 5.24. The summed E-state index contributed by atoms with van der Waals surface area (Å²) in [6.45, 7) is 1.36. The van der Waals surface area contributed by atoms with Gasteiger partial charge in [-0.15, -0.1) is 11.3 Å². The number of hydrogen-bond donors (Lipinski definition) is 0. The van der Waals surface area contributed by atoms with E-state index in [1.54, 1.807) is 33.9 Å². The second kappa shape index (κ2) is 10.5. The Labute approximate surface area is 199 Å². The Morgan fingerprint density at radius 2 is 1.76 bits per heavy atom. The molecule has 0 atom stereocenters. The van der Waals surface area contributed by atoms with Crippen LogP contribution in [0.2, 0.25) is 0 Å². The molecule has 0 radical (unpaired) electrons. The summed E-state index contributed by atoms with van der Waals surface area (Å²) < 4.78 is 48.1. The minimum absolute atomic E-state index is 0.0723. The van der Waals surface area contributed by atoms with E-state index >= 15 is 0 Å². The van der Waals surface area contributed by atoms with Crippen LogP contribution in [0.15, 0.2) is 59.4 Å². The van der Waals surface area contributed by atoms with Crippen LogP contribution in [-0.2, 0) is 13.1 Å². The first-order valence-electron chi connectivity index (χ1n) is 10.5. The lowest BCUT2D eigenvalue weighted by Gasteiger charge is -2.15. The number of thiazole rings is 1. The summed E-state index contributed by atoms with van der Waals surface area (Å²) in [5.41, 5.74) is 1.76. The van der Waals surface area contributed by atoms with Gasteiger partial charge in [-0.1, -0.05) is 0 Å². The van der Waals surface area contributed by atoms with Crippen LogP contribution in [0, 0.1) is 11.6 Å². The number of benzene rings is 2. The largest absolute Gasteiger partial charge is 0.493 e. The zero-order valence-electron chi connectivity index (χ0n) is 19.0. The Bertz CT molecular complexity index is 1310. The maximum Gasteiger partial charge on any atom is 0.203 e. The molecule has 0 N–H and O–H groups in total. The number of imidazole rings is 1. The van der Waals surface area contributed by atoms with Gasteiger partial charge < -0.3 is 23.3 Å². The second-order valence-electron chi connectivity index (χ2n) is 7.33. The summed E-state index contributed by atoms with van der Waals surface area (Å²) in [4.78, 5) is 9.15. The van der Waals surface area contributed by atoms with Crippen LogP contribution in [0.25, 0.3) is 11.3 Å². The Morgan fingerprint density at radius 1 is 1.00 bits per heavy atom. The number of methoxy groups -OCH3 is 3. The molecule has 0 unspecified atom stereocenters. The zero-order valence-corrected chi connectivity index (χ0v) is 19.8. The molecule has 0 bridgehead atoms. The lowest BCUT2D eigenvalue weighted by atomic mass is 10.1. The maximum atomic E-state index is 14.3. The van der Waals surface area contributed by atoms with Crippen molar-refractivity contribution in [3.05, 3.63) is 70.9 Å². The molecule has 0 saturated heterocycles. The van der Waals surface area contributed by atoms with E-state index in [1.807, 2.05) is 32.8 Å². The molecule has 2 aromatic heterocycles. The molecule has 2 heterocycles. The van der Waals surface area contributed by atoms with E-state index in [-0.39, 0.29) is 5.69 Å². The number of aromatic nitrogens is 3. The predicted molar refractivity (Wildman–Crippen MR) is 126 cm³/mol. The molecule has 178 valence electrons. The van der Waals surface area contributed by atoms with E-state index in [0.717, 1.165) is 30.3 Å². The maximum absolute atomic E-state index is 14.3. The van der Waals surface area contributed by atoms with Crippen molar-refractivity contribution in [1.82, 2.24) is 14.1 Å². The molecule has 0 aliphatic rings. The van der Waals surface area contributed by atoms with Gasteiger partial charge in [0.2, 0.25) is 5.75 Å². The average molecular weight is 487 g/mol. The van der Waals surface area contributed by atoms with Crippen LogP contribution in [0.1, 0.15) is 6.42 Å². The lowest BCUT2D eigenvalue weighted by Crippen LogP contribution is -2.17. The van der Waals surface area contributed by atoms with Crippen LogP contribution < -0.4 is 19.0 Å². The van der Waals surface area contributed by atoms with Crippen LogP contribution >= 0.6 is 11.3 Å². The third-order valence-corrected chi connectivity index (χ3v) is 6.10. The van der Waals surface area contributed by atoms with Crippen molar-refractivity contribution >= 4 is 17.0 Å². The highest BCUT2D eigenvalue weighted by atomic mass is 32.1. The molecule has 0 fully saturated rings. The topological polar surface area (TPSA) is 62.8 Å². The van der Waals surface area contributed by atoms with Crippen molar-refractivity contribution in [2.75, 3.05) is 21.3 Å². The van der Waals surface area contributed by atoms with E-state index in [1.165, 1.54) is 23.5 Å². The van der Waals surface area contributed by atoms with Gasteiger partial charge in [-0.3, -0.25) is 0 Å². The fraction of sp³-hybridized carbons (Fsp3) is 0.250. The Balaban J connectivity index is 1.80. The lowest BCUT2D eigenvalue weighted by molar-refractivity contribution is 0.324. The second-order valence-corrected chi connectivity index (χ2v) is 8.17. The normalized spacial score (nSPS) is 11.6. The van der Waals surface area contributed by atoms with Gasteiger partial charge in [0.15, 0.2) is 22.1 Å². The Kier molecular flexibility index (Phi) is 7.27. The molecule has 0 amide bonds. The molecule has 4 aromatic rings. The zero-order chi connectivity index (χ0) is 24.1. The smallest absolute Gasteiger partial charge is 0.203 e. The van der Waals surface area contributed by atoms with Gasteiger partial charge in [0.25, 0.3) is 0 Å². The molecule has 0 aliphatic carbocycles. The molecule has 4 rings (SSSR count). The van der Waals surface area contributed by atoms with Crippen LogP contribution in [0.5, 0.6) is 17.2 Å². The van der Waals surface area contributed by atoms with Gasteiger partial charge in [0.1, 0.15) is 11.5 Å². The van der Waals surface area contributed by atoms with Crippen molar-refractivity contribution < 1.29 is 23.0 Å². The first-order chi connectivity index (χ1) is 16.5. The summed E-state index contributed by atoms with van der Waals surface area (Å²) in [5, 5.41) is 1.94. The molecule has 7 nitrogen and oxygen atoms in total. The van der Waals surface area contributed by atoms with Gasteiger partial charge in [0, 0.05) is 42.5 Å². The van der Waals surface area contributed by atoms with Crippen molar-refractivity contribution in [3.8, 4) is 28.5 Å². The number of rotatable bonds is 9. The minimum atomic E-state index is -0.715. The number of aryl methyl sites for hydroxylation is 1. The highest BCUT2D eigenvalue weighted by molar-refractivity contribution is 7.07. The SMILES string of the molecule is COc1cc(-c2csc(=Nc3ccc(F)cc3F)n2CCCn2ccnc2)cc(OC)c1OC. The van der Waals surface area contributed by atoms with Crippen LogP contribution in [0.3, 0.4) is 0 Å². The summed E-state index contributed by atoms with van der Waals surface area (Å²) in [7, 11) is 4.67. The summed E-state index contributed by atoms with van der Waals surface area (Å²) in [6.07, 6.45) is 6.18. The highest BCUT2D eigenvalue weighted by Crippen LogP contribution is 2.41. The van der Waals surface area contributed by atoms with E-state index in [9.17, 15) is 8.78 Å². The molecule has 34 heavy (non-hydrogen) atoms. The molecular formula is C24H24F2N4O3S. The first kappa shape index (κ1) is 23.5. The quantitative estimate of drug-likeness (QED) is 0.333. The van der Waals surface area contributed by atoms with Gasteiger partial charge in [0.05, 0.1) is 33.4 Å². The number of ether oxygens (including phenoxy) is 3.